The van der Waals surface area contributed by atoms with Crippen LogP contribution in [0.3, 0.4) is 0 Å². The zero-order valence-corrected chi connectivity index (χ0v) is 11.4. The van der Waals surface area contributed by atoms with Crippen molar-refractivity contribution in [3.05, 3.63) is 46.6 Å². The van der Waals surface area contributed by atoms with Crippen molar-refractivity contribution in [2.45, 2.75) is 31.7 Å². The number of aromatic nitrogens is 2. The lowest BCUT2D eigenvalue weighted by Gasteiger charge is -1.97. The molecule has 1 aromatic heterocycles. The van der Waals surface area contributed by atoms with Crippen LogP contribution in [-0.4, -0.2) is 22.7 Å². The maximum atomic E-state index is 5.85. The van der Waals surface area contributed by atoms with E-state index in [2.05, 4.69) is 15.5 Å². The monoisotopic (exact) mass is 277 g/mol. The number of nitrogens with zero attached hydrogens (tertiary/aromatic N) is 2. The van der Waals surface area contributed by atoms with Gasteiger partial charge in [0.15, 0.2) is 5.82 Å². The van der Waals surface area contributed by atoms with Gasteiger partial charge in [-0.05, 0) is 30.5 Å². The summed E-state index contributed by atoms with van der Waals surface area (Å²) in [6.07, 6.45) is 4.07. The molecule has 0 radical (unpaired) electrons. The van der Waals surface area contributed by atoms with Gasteiger partial charge < -0.3 is 9.84 Å². The molecule has 1 aliphatic carbocycles. The highest BCUT2D eigenvalue weighted by Gasteiger charge is 2.20. The molecule has 0 bridgehead atoms. The Hall–Kier alpha value is -1.39. The fourth-order valence-electron chi connectivity index (χ4n) is 1.92. The van der Waals surface area contributed by atoms with E-state index < -0.39 is 0 Å². The molecule has 0 amide bonds. The Morgan fingerprint density at radius 3 is 2.79 bits per heavy atom. The third kappa shape index (κ3) is 3.78. The maximum absolute atomic E-state index is 5.85. The number of rotatable bonds is 6. The molecule has 5 heteroatoms. The molecule has 0 saturated heterocycles. The van der Waals surface area contributed by atoms with Gasteiger partial charge in [-0.2, -0.15) is 4.98 Å². The van der Waals surface area contributed by atoms with Crippen molar-refractivity contribution in [1.82, 2.24) is 15.5 Å². The minimum absolute atomic E-state index is 0.677. The lowest BCUT2D eigenvalue weighted by Crippen LogP contribution is -2.19. The van der Waals surface area contributed by atoms with Gasteiger partial charge in [0.05, 0.1) is 0 Å². The van der Waals surface area contributed by atoms with Gasteiger partial charge in [-0.3, -0.25) is 0 Å². The quantitative estimate of drug-likeness (QED) is 0.882. The Morgan fingerprint density at radius 2 is 2.05 bits per heavy atom. The third-order valence-electron chi connectivity index (χ3n) is 3.13. The Labute approximate surface area is 117 Å². The SMILES string of the molecule is Clc1ccc(Cc2noc(CCNC3CC3)n2)cc1. The average molecular weight is 278 g/mol. The van der Waals surface area contributed by atoms with E-state index in [9.17, 15) is 0 Å². The predicted molar refractivity (Wildman–Crippen MR) is 73.3 cm³/mol. The second kappa shape index (κ2) is 5.72. The summed E-state index contributed by atoms with van der Waals surface area (Å²) in [5.41, 5.74) is 1.13. The van der Waals surface area contributed by atoms with Gasteiger partial charge in [0.2, 0.25) is 5.89 Å². The molecular weight excluding hydrogens is 262 g/mol. The molecule has 4 nitrogen and oxygen atoms in total. The van der Waals surface area contributed by atoms with Gasteiger partial charge in [-0.15, -0.1) is 0 Å². The largest absolute Gasteiger partial charge is 0.339 e. The molecule has 1 saturated carbocycles. The predicted octanol–water partition coefficient (Wildman–Crippen LogP) is 2.61. The second-order valence-electron chi connectivity index (χ2n) is 4.89. The Kier molecular flexibility index (Phi) is 3.80. The highest BCUT2D eigenvalue weighted by atomic mass is 35.5. The van der Waals surface area contributed by atoms with Crippen molar-refractivity contribution in [3.8, 4) is 0 Å². The number of hydrogen-bond donors (Lipinski definition) is 1. The van der Waals surface area contributed by atoms with E-state index in [-0.39, 0.29) is 0 Å². The van der Waals surface area contributed by atoms with E-state index in [0.29, 0.717) is 12.3 Å². The van der Waals surface area contributed by atoms with Crippen molar-refractivity contribution in [2.24, 2.45) is 0 Å². The van der Waals surface area contributed by atoms with Crippen LogP contribution in [0.25, 0.3) is 0 Å². The molecule has 0 spiro atoms. The summed E-state index contributed by atoms with van der Waals surface area (Å²) in [5, 5.41) is 8.17. The van der Waals surface area contributed by atoms with Crippen LogP contribution in [0, 0.1) is 0 Å². The molecular formula is C14H16ClN3O. The van der Waals surface area contributed by atoms with Crippen LogP contribution in [0.15, 0.2) is 28.8 Å². The molecule has 1 N–H and O–H groups in total. The first-order valence-electron chi connectivity index (χ1n) is 6.59. The standard InChI is InChI=1S/C14H16ClN3O/c15-11-3-1-10(2-4-11)9-13-17-14(19-18-13)7-8-16-12-5-6-12/h1-4,12,16H,5-9H2. The van der Waals surface area contributed by atoms with E-state index in [0.717, 1.165) is 35.4 Å². The van der Waals surface area contributed by atoms with Crippen molar-refractivity contribution in [1.29, 1.82) is 0 Å². The third-order valence-corrected chi connectivity index (χ3v) is 3.39. The van der Waals surface area contributed by atoms with Crippen LogP contribution in [0.2, 0.25) is 5.02 Å². The van der Waals surface area contributed by atoms with E-state index in [1.807, 2.05) is 24.3 Å². The van der Waals surface area contributed by atoms with Gasteiger partial charge in [-0.1, -0.05) is 28.9 Å². The Balaban J connectivity index is 1.53. The minimum atomic E-state index is 0.677. The molecule has 0 unspecified atom stereocenters. The molecule has 1 aromatic carbocycles. The summed E-state index contributed by atoms with van der Waals surface area (Å²) in [6, 6.07) is 8.42. The van der Waals surface area contributed by atoms with Crippen LogP contribution in [0.4, 0.5) is 0 Å². The summed E-state index contributed by atoms with van der Waals surface area (Å²) < 4.78 is 5.24. The van der Waals surface area contributed by atoms with Crippen LogP contribution >= 0.6 is 11.6 Å². The summed E-state index contributed by atoms with van der Waals surface area (Å²) >= 11 is 5.85. The van der Waals surface area contributed by atoms with Gasteiger partial charge >= 0.3 is 0 Å². The molecule has 0 aliphatic heterocycles. The van der Waals surface area contributed by atoms with Crippen molar-refractivity contribution < 1.29 is 4.52 Å². The fraction of sp³-hybridized carbons (Fsp3) is 0.429. The van der Waals surface area contributed by atoms with Gasteiger partial charge in [0, 0.05) is 30.5 Å². The number of halogens is 1. The first-order valence-corrected chi connectivity index (χ1v) is 6.97. The molecule has 19 heavy (non-hydrogen) atoms. The summed E-state index contributed by atoms with van der Waals surface area (Å²) in [5.74, 6) is 1.43. The van der Waals surface area contributed by atoms with Crippen molar-refractivity contribution >= 4 is 11.6 Å². The number of benzene rings is 1. The summed E-state index contributed by atoms with van der Waals surface area (Å²) in [7, 11) is 0. The molecule has 100 valence electrons. The Bertz CT molecular complexity index is 534. The summed E-state index contributed by atoms with van der Waals surface area (Å²) in [4.78, 5) is 4.39. The Morgan fingerprint density at radius 1 is 1.26 bits per heavy atom. The summed E-state index contributed by atoms with van der Waals surface area (Å²) in [6.45, 7) is 0.910. The van der Waals surface area contributed by atoms with E-state index in [1.165, 1.54) is 12.8 Å². The molecule has 3 rings (SSSR count). The molecule has 2 aromatic rings. The van der Waals surface area contributed by atoms with Crippen LogP contribution < -0.4 is 5.32 Å². The molecule has 1 aliphatic rings. The van der Waals surface area contributed by atoms with E-state index >= 15 is 0 Å². The first kappa shape index (κ1) is 12.6. The topological polar surface area (TPSA) is 51.0 Å². The van der Waals surface area contributed by atoms with Crippen molar-refractivity contribution in [3.63, 3.8) is 0 Å². The average Bonchev–Trinajstić information content (AvgIpc) is 3.12. The van der Waals surface area contributed by atoms with Crippen LogP contribution in [0.1, 0.15) is 30.1 Å². The number of nitrogens with one attached hydrogen (secondary N) is 1. The van der Waals surface area contributed by atoms with Gasteiger partial charge in [-0.25, -0.2) is 0 Å². The minimum Gasteiger partial charge on any atom is -0.339 e. The van der Waals surface area contributed by atoms with Crippen LogP contribution in [-0.2, 0) is 12.8 Å². The smallest absolute Gasteiger partial charge is 0.227 e. The molecule has 1 fully saturated rings. The highest BCUT2D eigenvalue weighted by Crippen LogP contribution is 2.18. The lowest BCUT2D eigenvalue weighted by molar-refractivity contribution is 0.371. The van der Waals surface area contributed by atoms with Gasteiger partial charge in [0.25, 0.3) is 0 Å². The van der Waals surface area contributed by atoms with E-state index in [1.54, 1.807) is 0 Å². The first-order chi connectivity index (χ1) is 9.29. The normalized spacial score (nSPS) is 14.8. The number of hydrogen-bond acceptors (Lipinski definition) is 4. The zero-order valence-electron chi connectivity index (χ0n) is 10.6. The molecule has 0 atom stereocenters. The van der Waals surface area contributed by atoms with Crippen molar-refractivity contribution in [2.75, 3.05) is 6.54 Å². The molecule has 1 heterocycles. The van der Waals surface area contributed by atoms with Crippen LogP contribution in [0.5, 0.6) is 0 Å². The fourth-order valence-corrected chi connectivity index (χ4v) is 2.04. The zero-order chi connectivity index (χ0) is 13.1. The van der Waals surface area contributed by atoms with E-state index in [4.69, 9.17) is 16.1 Å². The van der Waals surface area contributed by atoms with Gasteiger partial charge in [0.1, 0.15) is 0 Å². The lowest BCUT2D eigenvalue weighted by atomic mass is 10.1. The highest BCUT2D eigenvalue weighted by molar-refractivity contribution is 6.30. The maximum Gasteiger partial charge on any atom is 0.227 e. The second-order valence-corrected chi connectivity index (χ2v) is 5.32.